The molecule has 0 saturated heterocycles. The van der Waals surface area contributed by atoms with E-state index in [0.29, 0.717) is 25.6 Å². The first-order valence-corrected chi connectivity index (χ1v) is 4.60. The van der Waals surface area contributed by atoms with Crippen molar-refractivity contribution in [1.29, 1.82) is 0 Å². The van der Waals surface area contributed by atoms with Crippen LogP contribution in [0.3, 0.4) is 0 Å². The van der Waals surface area contributed by atoms with Crippen molar-refractivity contribution in [3.05, 3.63) is 11.8 Å². The minimum Gasteiger partial charge on any atom is -0.382 e. The summed E-state index contributed by atoms with van der Waals surface area (Å²) >= 11 is 0. The lowest BCUT2D eigenvalue weighted by Crippen LogP contribution is -2.11. The van der Waals surface area contributed by atoms with Crippen LogP contribution in [0.5, 0.6) is 0 Å². The summed E-state index contributed by atoms with van der Waals surface area (Å²) < 4.78 is 12.0. The normalized spacial score (nSPS) is 10.7. The largest absolute Gasteiger partial charge is 0.382 e. The van der Waals surface area contributed by atoms with E-state index in [4.69, 9.17) is 15.2 Å². The summed E-state index contributed by atoms with van der Waals surface area (Å²) in [6.07, 6.45) is 0. The summed E-state index contributed by atoms with van der Waals surface area (Å²) in [5.41, 5.74) is 6.59. The van der Waals surface area contributed by atoms with Gasteiger partial charge in [-0.05, 0) is 6.92 Å². The zero-order valence-electron chi connectivity index (χ0n) is 8.69. The summed E-state index contributed by atoms with van der Waals surface area (Å²) in [5, 5.41) is 4.11. The first-order valence-electron chi connectivity index (χ1n) is 4.60. The molecule has 5 heteroatoms. The summed E-state index contributed by atoms with van der Waals surface area (Å²) in [6, 6.07) is 1.84. The van der Waals surface area contributed by atoms with Gasteiger partial charge in [0.1, 0.15) is 5.82 Å². The molecule has 0 bridgehead atoms. The van der Waals surface area contributed by atoms with Crippen LogP contribution in [0, 0.1) is 6.92 Å². The van der Waals surface area contributed by atoms with E-state index in [-0.39, 0.29) is 0 Å². The Kier molecular flexibility index (Phi) is 4.42. The van der Waals surface area contributed by atoms with Gasteiger partial charge in [0, 0.05) is 18.9 Å². The summed E-state index contributed by atoms with van der Waals surface area (Å²) in [4.78, 5) is 0. The third-order valence-electron chi connectivity index (χ3n) is 1.88. The predicted molar refractivity (Wildman–Crippen MR) is 54.1 cm³/mol. The molecule has 0 saturated carbocycles. The minimum absolute atomic E-state index is 0.555. The van der Waals surface area contributed by atoms with Crippen molar-refractivity contribution in [2.75, 3.05) is 32.7 Å². The van der Waals surface area contributed by atoms with E-state index in [1.165, 1.54) is 0 Å². The molecule has 0 unspecified atom stereocenters. The first-order chi connectivity index (χ1) is 6.74. The molecule has 2 N–H and O–H groups in total. The van der Waals surface area contributed by atoms with Gasteiger partial charge in [0.15, 0.2) is 0 Å². The van der Waals surface area contributed by atoms with E-state index < -0.39 is 0 Å². The second kappa shape index (κ2) is 5.62. The van der Waals surface area contributed by atoms with Crippen LogP contribution in [-0.4, -0.2) is 36.7 Å². The molecule has 1 rings (SSSR count). The van der Waals surface area contributed by atoms with Crippen LogP contribution in [0.2, 0.25) is 0 Å². The fraction of sp³-hybridized carbons (Fsp3) is 0.667. The zero-order valence-corrected chi connectivity index (χ0v) is 8.69. The van der Waals surface area contributed by atoms with Crippen molar-refractivity contribution in [2.24, 2.45) is 0 Å². The van der Waals surface area contributed by atoms with Gasteiger partial charge < -0.3 is 15.2 Å². The lowest BCUT2D eigenvalue weighted by atomic mass is 10.4. The number of hydrogen-bond donors (Lipinski definition) is 1. The SMILES string of the molecule is COCCOCCn1nc(N)cc1C. The van der Waals surface area contributed by atoms with Crippen molar-refractivity contribution >= 4 is 5.82 Å². The van der Waals surface area contributed by atoms with Gasteiger partial charge in [-0.1, -0.05) is 0 Å². The Morgan fingerprint density at radius 3 is 2.79 bits per heavy atom. The molecule has 0 amide bonds. The monoisotopic (exact) mass is 199 g/mol. The highest BCUT2D eigenvalue weighted by atomic mass is 16.5. The number of hydrogen-bond acceptors (Lipinski definition) is 4. The molecule has 0 aliphatic rings. The van der Waals surface area contributed by atoms with Gasteiger partial charge in [-0.2, -0.15) is 5.10 Å². The fourth-order valence-corrected chi connectivity index (χ4v) is 1.16. The van der Waals surface area contributed by atoms with Gasteiger partial charge in [-0.15, -0.1) is 0 Å². The third kappa shape index (κ3) is 3.35. The smallest absolute Gasteiger partial charge is 0.145 e. The van der Waals surface area contributed by atoms with Gasteiger partial charge in [-0.3, -0.25) is 4.68 Å². The van der Waals surface area contributed by atoms with Crippen LogP contribution in [0.25, 0.3) is 0 Å². The number of rotatable bonds is 6. The zero-order chi connectivity index (χ0) is 10.4. The molecular weight excluding hydrogens is 182 g/mol. The van der Waals surface area contributed by atoms with Crippen LogP contribution in [0.4, 0.5) is 5.82 Å². The minimum atomic E-state index is 0.555. The van der Waals surface area contributed by atoms with Crippen molar-refractivity contribution in [3.63, 3.8) is 0 Å². The maximum Gasteiger partial charge on any atom is 0.145 e. The van der Waals surface area contributed by atoms with E-state index in [1.807, 2.05) is 17.7 Å². The van der Waals surface area contributed by atoms with Gasteiger partial charge in [-0.25, -0.2) is 0 Å². The fourth-order valence-electron chi connectivity index (χ4n) is 1.16. The van der Waals surface area contributed by atoms with Crippen LogP contribution >= 0.6 is 0 Å². The number of aryl methyl sites for hydroxylation is 1. The van der Waals surface area contributed by atoms with Crippen molar-refractivity contribution in [3.8, 4) is 0 Å². The van der Waals surface area contributed by atoms with E-state index in [2.05, 4.69) is 5.10 Å². The Bertz CT molecular complexity index is 273. The van der Waals surface area contributed by atoms with E-state index >= 15 is 0 Å². The van der Waals surface area contributed by atoms with Gasteiger partial charge in [0.2, 0.25) is 0 Å². The van der Waals surface area contributed by atoms with Gasteiger partial charge >= 0.3 is 0 Å². The molecule has 5 nitrogen and oxygen atoms in total. The average Bonchev–Trinajstić information content (AvgIpc) is 2.45. The quantitative estimate of drug-likeness (QED) is 0.675. The Labute approximate surface area is 83.8 Å². The number of nitrogens with two attached hydrogens (primary N) is 1. The van der Waals surface area contributed by atoms with E-state index in [0.717, 1.165) is 12.2 Å². The number of nitrogen functional groups attached to an aromatic ring is 1. The molecule has 0 aliphatic heterocycles. The predicted octanol–water partition coefficient (Wildman–Crippen LogP) is 0.437. The number of anilines is 1. The molecule has 1 aromatic rings. The molecule has 0 spiro atoms. The van der Waals surface area contributed by atoms with E-state index in [9.17, 15) is 0 Å². The number of nitrogens with zero attached hydrogens (tertiary/aromatic N) is 2. The van der Waals surface area contributed by atoms with E-state index in [1.54, 1.807) is 7.11 Å². The molecule has 1 heterocycles. The molecule has 0 fully saturated rings. The lowest BCUT2D eigenvalue weighted by Gasteiger charge is -2.05. The van der Waals surface area contributed by atoms with Crippen molar-refractivity contribution in [1.82, 2.24) is 9.78 Å². The highest BCUT2D eigenvalue weighted by molar-refractivity contribution is 5.28. The molecule has 0 atom stereocenters. The Morgan fingerprint density at radius 2 is 2.21 bits per heavy atom. The maximum atomic E-state index is 5.54. The topological polar surface area (TPSA) is 62.3 Å². The number of methoxy groups -OCH3 is 1. The maximum absolute atomic E-state index is 5.54. The Hall–Kier alpha value is -1.07. The van der Waals surface area contributed by atoms with Crippen molar-refractivity contribution < 1.29 is 9.47 Å². The molecule has 1 aromatic heterocycles. The summed E-state index contributed by atoms with van der Waals surface area (Å²) in [6.45, 7) is 4.57. The highest BCUT2D eigenvalue weighted by Gasteiger charge is 2.00. The van der Waals surface area contributed by atoms with Gasteiger partial charge in [0.05, 0.1) is 26.4 Å². The highest BCUT2D eigenvalue weighted by Crippen LogP contribution is 2.03. The third-order valence-corrected chi connectivity index (χ3v) is 1.88. The number of aromatic nitrogens is 2. The molecular formula is C9H17N3O2. The van der Waals surface area contributed by atoms with Crippen molar-refractivity contribution in [2.45, 2.75) is 13.5 Å². The number of ether oxygens (including phenoxy) is 2. The average molecular weight is 199 g/mol. The van der Waals surface area contributed by atoms with Crippen LogP contribution in [0.1, 0.15) is 5.69 Å². The molecule has 14 heavy (non-hydrogen) atoms. The molecule has 0 aliphatic carbocycles. The van der Waals surface area contributed by atoms with Gasteiger partial charge in [0.25, 0.3) is 0 Å². The molecule has 0 aromatic carbocycles. The van der Waals surface area contributed by atoms with Crippen LogP contribution in [0.15, 0.2) is 6.07 Å². The Morgan fingerprint density at radius 1 is 1.43 bits per heavy atom. The standard InChI is InChI=1S/C9H17N3O2/c1-8-7-9(10)11-12(8)3-4-14-6-5-13-2/h7H,3-6H2,1-2H3,(H2,10,11). The van der Waals surface area contributed by atoms with Crippen LogP contribution < -0.4 is 5.73 Å². The second-order valence-electron chi connectivity index (χ2n) is 3.04. The molecule has 0 radical (unpaired) electrons. The Balaban J connectivity index is 2.21. The lowest BCUT2D eigenvalue weighted by molar-refractivity contribution is 0.0652. The second-order valence-corrected chi connectivity index (χ2v) is 3.04. The molecule has 80 valence electrons. The summed E-state index contributed by atoms with van der Waals surface area (Å²) in [5.74, 6) is 0.555. The summed E-state index contributed by atoms with van der Waals surface area (Å²) in [7, 11) is 1.65. The first kappa shape index (κ1) is 11.0. The van der Waals surface area contributed by atoms with Crippen LogP contribution in [-0.2, 0) is 16.0 Å².